The van der Waals surface area contributed by atoms with Crippen molar-refractivity contribution < 1.29 is 69.0 Å². The summed E-state index contributed by atoms with van der Waals surface area (Å²) in [7, 11) is -20.5. The summed E-state index contributed by atoms with van der Waals surface area (Å²) in [6.45, 7) is 0. The van der Waals surface area contributed by atoms with Crippen LogP contribution in [0.25, 0.3) is 88.1 Å². The number of rotatable bonds is 8. The van der Waals surface area contributed by atoms with Crippen LogP contribution in [0, 0.1) is 0 Å². The molecule has 0 fully saturated rings. The summed E-state index contributed by atoms with van der Waals surface area (Å²) in [5.41, 5.74) is 4.56. The summed E-state index contributed by atoms with van der Waals surface area (Å²) < 4.78 is 138. The Hall–Kier alpha value is -6.88. The number of fused-ring (bicyclic) bond motifs is 6. The van der Waals surface area contributed by atoms with Gasteiger partial charge in [-0.25, -0.2) is 9.97 Å². The van der Waals surface area contributed by atoms with Gasteiger partial charge in [-0.1, -0.05) is 146 Å². The van der Waals surface area contributed by atoms with Crippen LogP contribution in [0.2, 0.25) is 0 Å². The number of hydrogen-bond acceptors (Lipinski definition) is 12. The zero-order chi connectivity index (χ0) is 48.2. The third-order valence-corrected chi connectivity index (χ3v) is 14.5. The van der Waals surface area contributed by atoms with Crippen LogP contribution in [0.15, 0.2) is 190 Å². The summed E-state index contributed by atoms with van der Waals surface area (Å²) in [6.07, 6.45) is 3.08. The van der Waals surface area contributed by atoms with Crippen molar-refractivity contribution in [3.8, 4) is 44.5 Å². The second-order valence-corrected chi connectivity index (χ2v) is 20.4. The van der Waals surface area contributed by atoms with Gasteiger partial charge in [0.25, 0.3) is 20.2 Å². The van der Waals surface area contributed by atoms with E-state index in [0.29, 0.717) is 32.9 Å². The Morgan fingerprint density at radius 3 is 0.899 bits per heavy atom. The van der Waals surface area contributed by atoms with E-state index in [1.807, 2.05) is 60.7 Å². The smallest absolute Gasteiger partial charge is 0.282 e. The van der Waals surface area contributed by atoms with E-state index in [0.717, 1.165) is 22.3 Å². The minimum atomic E-state index is -5.15. The molecule has 0 aliphatic carbocycles. The van der Waals surface area contributed by atoms with Crippen molar-refractivity contribution in [1.82, 2.24) is 19.9 Å². The molecule has 10 aromatic rings. The van der Waals surface area contributed by atoms with Crippen molar-refractivity contribution in [1.29, 1.82) is 0 Å². The molecule has 0 aliphatic heterocycles. The molecule has 4 aromatic heterocycles. The number of aromatic nitrogens is 4. The first-order valence-corrected chi connectivity index (χ1v) is 25.7. The summed E-state index contributed by atoms with van der Waals surface area (Å²) in [4.78, 5) is 14.8. The van der Waals surface area contributed by atoms with Crippen LogP contribution in [0.3, 0.4) is 0 Å². The second-order valence-electron chi connectivity index (χ2n) is 15.0. The standard InChI is InChI=1S/2C24H16N2O6S2.Cu/c2*27-33(28,29)23-20(16-9-5-2-6-10-16)19-12-11-18-17(15-7-3-1-4-8-15)13-14-25-21(18)22(19)26-24(23)34(30,31)32;/h2*1-14H,(H,27,28,29)(H,30,31,32);. The van der Waals surface area contributed by atoms with Gasteiger partial charge in [0.05, 0.1) is 22.1 Å². The Balaban J connectivity index is 0.000000183. The van der Waals surface area contributed by atoms with E-state index in [1.54, 1.807) is 97.1 Å². The first kappa shape index (κ1) is 48.6. The molecular weight excluding hydrogens is 1020 g/mol. The topological polar surface area (TPSA) is 269 Å². The SMILES string of the molecule is O=S(=O)(O)c1nc2c(ccc3c(-c4ccccc4)ccnc32)c(-c2ccccc2)c1S(=O)(=O)O.O=S(=O)(O)c1nc2c(ccc3c(-c4ccccc4)ccnc32)c(-c2ccccc2)c1S(=O)(=O)O.[Cu]. The first-order valence-electron chi connectivity index (χ1n) is 19.9. The Kier molecular flexibility index (Phi) is 13.1. The van der Waals surface area contributed by atoms with E-state index in [-0.39, 0.29) is 50.0 Å². The molecule has 0 aliphatic rings. The maximum Gasteiger partial charge on any atom is 0.313 e. The average Bonchev–Trinajstić information content (AvgIpc) is 3.32. The van der Waals surface area contributed by atoms with Gasteiger partial charge in [-0.2, -0.15) is 33.7 Å². The minimum Gasteiger partial charge on any atom is -0.282 e. The van der Waals surface area contributed by atoms with Crippen LogP contribution < -0.4 is 0 Å². The molecule has 6 aromatic carbocycles. The molecular formula is C48H32CuN4O12S4. The molecule has 21 heteroatoms. The summed E-state index contributed by atoms with van der Waals surface area (Å²) in [6, 6.07) is 45.4. The van der Waals surface area contributed by atoms with Crippen LogP contribution in [-0.2, 0) is 57.5 Å². The van der Waals surface area contributed by atoms with Crippen LogP contribution in [0.4, 0.5) is 0 Å². The Morgan fingerprint density at radius 2 is 0.609 bits per heavy atom. The van der Waals surface area contributed by atoms with E-state index in [9.17, 15) is 51.9 Å². The molecule has 0 saturated carbocycles. The van der Waals surface area contributed by atoms with Crippen molar-refractivity contribution in [2.75, 3.05) is 0 Å². The van der Waals surface area contributed by atoms with Gasteiger partial charge < -0.3 is 0 Å². The predicted octanol–water partition coefficient (Wildman–Crippen LogP) is 9.22. The predicted molar refractivity (Wildman–Crippen MR) is 255 cm³/mol. The molecule has 69 heavy (non-hydrogen) atoms. The van der Waals surface area contributed by atoms with E-state index >= 15 is 0 Å². The molecule has 10 rings (SSSR count). The summed E-state index contributed by atoms with van der Waals surface area (Å²) in [5.74, 6) is 0. The van der Waals surface area contributed by atoms with E-state index in [4.69, 9.17) is 0 Å². The molecule has 351 valence electrons. The molecule has 0 unspecified atom stereocenters. The maximum absolute atomic E-state index is 12.4. The molecule has 0 atom stereocenters. The zero-order valence-corrected chi connectivity index (χ0v) is 39.2. The fraction of sp³-hybridized carbons (Fsp3) is 0. The van der Waals surface area contributed by atoms with Crippen LogP contribution in [-0.4, -0.2) is 71.8 Å². The number of hydrogen-bond donors (Lipinski definition) is 4. The second kappa shape index (κ2) is 18.6. The van der Waals surface area contributed by atoms with Gasteiger partial charge in [-0.05, 0) is 45.5 Å². The Morgan fingerprint density at radius 1 is 0.319 bits per heavy atom. The third kappa shape index (κ3) is 9.35. The van der Waals surface area contributed by atoms with Gasteiger partial charge in [0.1, 0.15) is 9.79 Å². The van der Waals surface area contributed by atoms with E-state index in [1.165, 1.54) is 12.4 Å². The van der Waals surface area contributed by atoms with Crippen molar-refractivity contribution >= 4 is 84.1 Å². The zero-order valence-electron chi connectivity index (χ0n) is 34.9. The Bertz CT molecular complexity index is 3850. The molecule has 0 spiro atoms. The van der Waals surface area contributed by atoms with E-state index < -0.39 is 60.3 Å². The van der Waals surface area contributed by atoms with Gasteiger partial charge in [0.2, 0.25) is 10.1 Å². The van der Waals surface area contributed by atoms with Crippen molar-refractivity contribution in [2.24, 2.45) is 0 Å². The molecule has 4 heterocycles. The van der Waals surface area contributed by atoms with Crippen LogP contribution in [0.5, 0.6) is 0 Å². The summed E-state index contributed by atoms with van der Waals surface area (Å²) in [5, 5.41) is -0.545. The average molecular weight is 1050 g/mol. The fourth-order valence-electron chi connectivity index (χ4n) is 8.15. The van der Waals surface area contributed by atoms with Gasteiger partial charge in [0.15, 0.2) is 0 Å². The minimum absolute atomic E-state index is 0. The quantitative estimate of drug-likeness (QED) is 0.0627. The van der Waals surface area contributed by atoms with E-state index in [2.05, 4.69) is 19.9 Å². The summed E-state index contributed by atoms with van der Waals surface area (Å²) >= 11 is 0. The van der Waals surface area contributed by atoms with Gasteiger partial charge in [0, 0.05) is 62.1 Å². The monoisotopic (exact) mass is 1050 g/mol. The van der Waals surface area contributed by atoms with Gasteiger partial charge >= 0.3 is 20.2 Å². The number of benzene rings is 6. The Labute approximate surface area is 404 Å². The first-order chi connectivity index (χ1) is 32.3. The van der Waals surface area contributed by atoms with Crippen LogP contribution >= 0.6 is 0 Å². The molecule has 16 nitrogen and oxygen atoms in total. The number of nitrogens with zero attached hydrogens (tertiary/aromatic N) is 4. The molecule has 4 N–H and O–H groups in total. The third-order valence-electron chi connectivity index (χ3n) is 10.9. The van der Waals surface area contributed by atoms with Crippen LogP contribution in [0.1, 0.15) is 0 Å². The number of pyridine rings is 4. The molecule has 1 radical (unpaired) electrons. The van der Waals surface area contributed by atoms with Crippen molar-refractivity contribution in [2.45, 2.75) is 19.8 Å². The molecule has 0 amide bonds. The van der Waals surface area contributed by atoms with Gasteiger partial charge in [-0.3, -0.25) is 28.2 Å². The normalized spacial score (nSPS) is 12.1. The largest absolute Gasteiger partial charge is 0.313 e. The van der Waals surface area contributed by atoms with Crippen molar-refractivity contribution in [3.63, 3.8) is 0 Å². The molecule has 0 bridgehead atoms. The fourth-order valence-corrected chi connectivity index (χ4v) is 12.0. The molecule has 0 saturated heterocycles. The van der Waals surface area contributed by atoms with Gasteiger partial charge in [-0.15, -0.1) is 0 Å². The van der Waals surface area contributed by atoms with Crippen molar-refractivity contribution in [3.05, 3.63) is 170 Å². The maximum atomic E-state index is 12.4.